The fourth-order valence-corrected chi connectivity index (χ4v) is 5.32. The standard InChI is InChI=1S/C24H36N6O2/c1-25-23(30-13-9-18(10-14-30)22-27-17-28-29-22)26-16-24(11-5-4-6-12-24)19-7-8-20(31-2)21(15-19)32-3/h7-8,15,17-18H,4-6,9-14,16H2,1-3H3,(H,25,26)(H,27,28,29). The number of aliphatic imine (C=N–C) groups is 1. The molecular weight excluding hydrogens is 404 g/mol. The van der Waals surface area contributed by atoms with Gasteiger partial charge in [-0.15, -0.1) is 0 Å². The number of hydrogen-bond donors (Lipinski definition) is 2. The predicted octanol–water partition coefficient (Wildman–Crippen LogP) is 3.48. The van der Waals surface area contributed by atoms with E-state index in [1.807, 2.05) is 13.1 Å². The molecule has 0 spiro atoms. The zero-order chi connectivity index (χ0) is 22.4. The number of aromatic amines is 1. The zero-order valence-corrected chi connectivity index (χ0v) is 19.6. The molecule has 8 heteroatoms. The molecule has 1 aliphatic heterocycles. The highest BCUT2D eigenvalue weighted by Gasteiger charge is 2.35. The van der Waals surface area contributed by atoms with Crippen molar-refractivity contribution in [2.75, 3.05) is 40.9 Å². The monoisotopic (exact) mass is 440 g/mol. The van der Waals surface area contributed by atoms with Gasteiger partial charge in [-0.2, -0.15) is 5.10 Å². The normalized spacial score (nSPS) is 19.6. The van der Waals surface area contributed by atoms with Gasteiger partial charge in [-0.3, -0.25) is 10.1 Å². The zero-order valence-electron chi connectivity index (χ0n) is 19.6. The highest BCUT2D eigenvalue weighted by atomic mass is 16.5. The first-order chi connectivity index (χ1) is 15.7. The average Bonchev–Trinajstić information content (AvgIpc) is 3.40. The third-order valence-corrected chi connectivity index (χ3v) is 7.22. The number of nitrogens with one attached hydrogen (secondary N) is 2. The number of piperidine rings is 1. The molecule has 0 atom stereocenters. The first kappa shape index (κ1) is 22.4. The maximum absolute atomic E-state index is 5.61. The maximum atomic E-state index is 5.61. The molecule has 2 fully saturated rings. The number of nitrogens with zero attached hydrogens (tertiary/aromatic N) is 4. The van der Waals surface area contributed by atoms with E-state index in [1.165, 1.54) is 37.7 Å². The van der Waals surface area contributed by atoms with Crippen LogP contribution < -0.4 is 14.8 Å². The molecule has 1 aliphatic carbocycles. The molecule has 32 heavy (non-hydrogen) atoms. The van der Waals surface area contributed by atoms with Crippen LogP contribution in [-0.4, -0.2) is 66.9 Å². The topological polar surface area (TPSA) is 87.7 Å². The van der Waals surface area contributed by atoms with Crippen LogP contribution in [-0.2, 0) is 5.41 Å². The minimum absolute atomic E-state index is 0.0753. The molecule has 1 aromatic carbocycles. The van der Waals surface area contributed by atoms with Crippen LogP contribution in [0.1, 0.15) is 62.3 Å². The summed E-state index contributed by atoms with van der Waals surface area (Å²) in [5.41, 5.74) is 1.40. The lowest BCUT2D eigenvalue weighted by molar-refractivity contribution is 0.272. The Morgan fingerprint density at radius 1 is 1.16 bits per heavy atom. The number of aromatic nitrogens is 3. The van der Waals surface area contributed by atoms with Gasteiger partial charge in [0, 0.05) is 38.0 Å². The second kappa shape index (κ2) is 10.2. The molecule has 0 radical (unpaired) electrons. The van der Waals surface area contributed by atoms with Gasteiger partial charge in [-0.25, -0.2) is 4.98 Å². The first-order valence-corrected chi connectivity index (χ1v) is 11.7. The quantitative estimate of drug-likeness (QED) is 0.528. The smallest absolute Gasteiger partial charge is 0.193 e. The number of hydrogen-bond acceptors (Lipinski definition) is 5. The minimum Gasteiger partial charge on any atom is -0.493 e. The Bertz CT molecular complexity index is 884. The van der Waals surface area contributed by atoms with E-state index >= 15 is 0 Å². The van der Waals surface area contributed by atoms with Crippen LogP contribution in [0.4, 0.5) is 0 Å². The van der Waals surface area contributed by atoms with E-state index in [1.54, 1.807) is 20.5 Å². The summed E-state index contributed by atoms with van der Waals surface area (Å²) in [5.74, 6) is 4.02. The van der Waals surface area contributed by atoms with E-state index in [-0.39, 0.29) is 5.41 Å². The highest BCUT2D eigenvalue weighted by molar-refractivity contribution is 5.80. The number of rotatable bonds is 6. The fourth-order valence-electron chi connectivity index (χ4n) is 5.32. The van der Waals surface area contributed by atoms with Crippen molar-refractivity contribution in [3.63, 3.8) is 0 Å². The third kappa shape index (κ3) is 4.69. The van der Waals surface area contributed by atoms with Gasteiger partial charge in [0.1, 0.15) is 12.2 Å². The molecule has 2 N–H and O–H groups in total. The molecule has 1 saturated carbocycles. The molecule has 2 aromatic rings. The molecule has 8 nitrogen and oxygen atoms in total. The molecule has 0 bridgehead atoms. The van der Waals surface area contributed by atoms with Crippen molar-refractivity contribution in [3.05, 3.63) is 35.9 Å². The molecule has 174 valence electrons. The second-order valence-electron chi connectivity index (χ2n) is 8.94. The van der Waals surface area contributed by atoms with Crippen LogP contribution in [0.5, 0.6) is 11.5 Å². The minimum atomic E-state index is 0.0753. The van der Waals surface area contributed by atoms with E-state index in [0.29, 0.717) is 5.92 Å². The Labute approximate surface area is 190 Å². The molecule has 2 aliphatic rings. The molecule has 0 amide bonds. The number of ether oxygens (including phenoxy) is 2. The van der Waals surface area contributed by atoms with Gasteiger partial charge in [0.05, 0.1) is 14.2 Å². The molecule has 4 rings (SSSR count). The van der Waals surface area contributed by atoms with Crippen LogP contribution in [0, 0.1) is 0 Å². The number of methoxy groups -OCH3 is 2. The lowest BCUT2D eigenvalue weighted by atomic mass is 9.69. The van der Waals surface area contributed by atoms with Gasteiger partial charge in [0.2, 0.25) is 0 Å². The van der Waals surface area contributed by atoms with Crippen molar-refractivity contribution in [1.29, 1.82) is 0 Å². The first-order valence-electron chi connectivity index (χ1n) is 11.7. The van der Waals surface area contributed by atoms with Crippen LogP contribution in [0.25, 0.3) is 0 Å². The Hall–Kier alpha value is -2.77. The summed E-state index contributed by atoms with van der Waals surface area (Å²) in [6.07, 6.45) is 9.83. The van der Waals surface area contributed by atoms with Crippen molar-refractivity contribution in [3.8, 4) is 11.5 Å². The largest absolute Gasteiger partial charge is 0.493 e. The Morgan fingerprint density at radius 3 is 2.53 bits per heavy atom. The summed E-state index contributed by atoms with van der Waals surface area (Å²) >= 11 is 0. The summed E-state index contributed by atoms with van der Waals surface area (Å²) in [4.78, 5) is 11.3. The number of benzene rings is 1. The number of likely N-dealkylation sites (tertiary alicyclic amines) is 1. The molecule has 0 unspecified atom stereocenters. The summed E-state index contributed by atoms with van der Waals surface area (Å²) in [7, 11) is 5.28. The molecule has 1 aromatic heterocycles. The van der Waals surface area contributed by atoms with Gasteiger partial charge in [0.25, 0.3) is 0 Å². The molecule has 2 heterocycles. The van der Waals surface area contributed by atoms with Crippen molar-refractivity contribution < 1.29 is 9.47 Å². The summed E-state index contributed by atoms with van der Waals surface area (Å²) in [5, 5.41) is 10.8. The van der Waals surface area contributed by atoms with Crippen LogP contribution in [0.3, 0.4) is 0 Å². The van der Waals surface area contributed by atoms with Crippen LogP contribution in [0.2, 0.25) is 0 Å². The Balaban J connectivity index is 1.45. The summed E-state index contributed by atoms with van der Waals surface area (Å²) in [6.45, 7) is 2.81. The Morgan fingerprint density at radius 2 is 1.91 bits per heavy atom. The van der Waals surface area contributed by atoms with E-state index in [2.05, 4.69) is 42.5 Å². The summed E-state index contributed by atoms with van der Waals surface area (Å²) < 4.78 is 11.1. The van der Waals surface area contributed by atoms with E-state index in [0.717, 1.165) is 55.8 Å². The fraction of sp³-hybridized carbons (Fsp3) is 0.625. The highest BCUT2D eigenvalue weighted by Crippen LogP contribution is 2.42. The summed E-state index contributed by atoms with van der Waals surface area (Å²) in [6, 6.07) is 6.41. The van der Waals surface area contributed by atoms with Gasteiger partial charge in [0.15, 0.2) is 17.5 Å². The maximum Gasteiger partial charge on any atom is 0.193 e. The number of guanidine groups is 1. The van der Waals surface area contributed by atoms with Gasteiger partial charge in [-0.1, -0.05) is 25.3 Å². The predicted molar refractivity (Wildman–Crippen MR) is 126 cm³/mol. The van der Waals surface area contributed by atoms with Gasteiger partial charge in [-0.05, 0) is 43.4 Å². The van der Waals surface area contributed by atoms with Crippen molar-refractivity contribution in [1.82, 2.24) is 25.4 Å². The van der Waals surface area contributed by atoms with Crippen molar-refractivity contribution >= 4 is 5.96 Å². The number of H-pyrrole nitrogens is 1. The van der Waals surface area contributed by atoms with Crippen LogP contribution >= 0.6 is 0 Å². The van der Waals surface area contributed by atoms with Gasteiger partial charge >= 0.3 is 0 Å². The van der Waals surface area contributed by atoms with Gasteiger partial charge < -0.3 is 19.7 Å². The lowest BCUT2D eigenvalue weighted by Gasteiger charge is -2.40. The molecule has 1 saturated heterocycles. The van der Waals surface area contributed by atoms with Crippen molar-refractivity contribution in [2.24, 2.45) is 4.99 Å². The van der Waals surface area contributed by atoms with E-state index < -0.39 is 0 Å². The average molecular weight is 441 g/mol. The van der Waals surface area contributed by atoms with E-state index in [9.17, 15) is 0 Å². The molecular formula is C24H36N6O2. The van der Waals surface area contributed by atoms with Crippen molar-refractivity contribution in [2.45, 2.75) is 56.3 Å². The second-order valence-corrected chi connectivity index (χ2v) is 8.94. The van der Waals surface area contributed by atoms with Crippen LogP contribution in [0.15, 0.2) is 29.5 Å². The Kier molecular flexibility index (Phi) is 7.17. The SMILES string of the molecule is CN=C(NCC1(c2ccc(OC)c(OC)c2)CCCCC1)N1CCC(c2ncn[nH]2)CC1. The van der Waals surface area contributed by atoms with E-state index in [4.69, 9.17) is 9.47 Å². The third-order valence-electron chi connectivity index (χ3n) is 7.22. The lowest BCUT2D eigenvalue weighted by Crippen LogP contribution is -2.50.